The maximum atomic E-state index is 12.6. The predicted molar refractivity (Wildman–Crippen MR) is 95.9 cm³/mol. The van der Waals surface area contributed by atoms with Gasteiger partial charge in [-0.3, -0.25) is 9.59 Å². The topological polar surface area (TPSA) is 58.6 Å². The summed E-state index contributed by atoms with van der Waals surface area (Å²) in [6.07, 6.45) is 0. The molecule has 7 heteroatoms. The molecule has 1 heterocycles. The quantitative estimate of drug-likeness (QED) is 0.889. The molecule has 0 bridgehead atoms. The number of halogens is 2. The van der Waals surface area contributed by atoms with Crippen molar-refractivity contribution in [1.82, 2.24) is 10.2 Å². The lowest BCUT2D eigenvalue weighted by molar-refractivity contribution is -0.145. The smallest absolute Gasteiger partial charge is 0.261 e. The number of benzene rings is 2. The fourth-order valence-electron chi connectivity index (χ4n) is 2.70. The van der Waals surface area contributed by atoms with E-state index < -0.39 is 6.04 Å². The Morgan fingerprint density at radius 3 is 2.64 bits per heavy atom. The number of nitrogens with zero attached hydrogens (tertiary/aromatic N) is 1. The molecular formula is C18H16Cl2N2O3. The number of piperazine rings is 1. The maximum Gasteiger partial charge on any atom is 0.261 e. The van der Waals surface area contributed by atoms with Crippen LogP contribution in [0.2, 0.25) is 10.0 Å². The predicted octanol–water partition coefficient (Wildman–Crippen LogP) is 3.07. The maximum absolute atomic E-state index is 12.6. The molecule has 3 rings (SSSR count). The van der Waals surface area contributed by atoms with Gasteiger partial charge in [0.15, 0.2) is 6.61 Å². The first-order chi connectivity index (χ1) is 12.0. The van der Waals surface area contributed by atoms with Crippen LogP contribution >= 0.6 is 23.2 Å². The second kappa shape index (κ2) is 7.76. The van der Waals surface area contributed by atoms with Gasteiger partial charge in [-0.15, -0.1) is 0 Å². The van der Waals surface area contributed by atoms with Crippen LogP contribution in [0.15, 0.2) is 48.5 Å². The minimum absolute atomic E-state index is 0.161. The minimum Gasteiger partial charge on any atom is -0.484 e. The number of hydrogen-bond donors (Lipinski definition) is 1. The molecule has 130 valence electrons. The third-order valence-corrected chi connectivity index (χ3v) is 4.36. The Morgan fingerprint density at radius 1 is 1.16 bits per heavy atom. The number of ether oxygens (including phenoxy) is 1. The van der Waals surface area contributed by atoms with E-state index in [0.717, 1.165) is 0 Å². The number of rotatable bonds is 4. The van der Waals surface area contributed by atoms with Gasteiger partial charge in [-0.25, -0.2) is 0 Å². The molecule has 0 saturated carbocycles. The molecule has 0 aromatic heterocycles. The molecule has 1 fully saturated rings. The van der Waals surface area contributed by atoms with Crippen LogP contribution in [-0.4, -0.2) is 36.4 Å². The normalized spacial score (nSPS) is 17.1. The van der Waals surface area contributed by atoms with Crippen LogP contribution < -0.4 is 10.1 Å². The highest BCUT2D eigenvalue weighted by Crippen LogP contribution is 2.26. The monoisotopic (exact) mass is 378 g/mol. The third-order valence-electron chi connectivity index (χ3n) is 3.87. The lowest BCUT2D eigenvalue weighted by Gasteiger charge is -2.35. The van der Waals surface area contributed by atoms with Crippen molar-refractivity contribution < 1.29 is 14.3 Å². The fourth-order valence-corrected chi connectivity index (χ4v) is 3.03. The molecule has 1 saturated heterocycles. The Bertz CT molecular complexity index is 780. The molecule has 1 unspecified atom stereocenters. The average molecular weight is 379 g/mol. The summed E-state index contributed by atoms with van der Waals surface area (Å²) in [5.41, 5.74) is 0.671. The van der Waals surface area contributed by atoms with Crippen molar-refractivity contribution in [2.75, 3.05) is 19.7 Å². The Morgan fingerprint density at radius 2 is 1.92 bits per heavy atom. The standard InChI is InChI=1S/C18H16Cl2N2O3/c19-13-4-6-15(7-5-13)25-11-16(23)22-9-8-21-18(24)17(22)12-2-1-3-14(20)10-12/h1-7,10,17H,8-9,11H2,(H,21,24). The molecule has 5 nitrogen and oxygen atoms in total. The lowest BCUT2D eigenvalue weighted by atomic mass is 10.0. The number of nitrogens with one attached hydrogen (secondary N) is 1. The van der Waals surface area contributed by atoms with Gasteiger partial charge in [0, 0.05) is 23.1 Å². The average Bonchev–Trinajstić information content (AvgIpc) is 2.60. The van der Waals surface area contributed by atoms with Crippen molar-refractivity contribution in [3.8, 4) is 5.75 Å². The highest BCUT2D eigenvalue weighted by atomic mass is 35.5. The van der Waals surface area contributed by atoms with E-state index in [1.54, 1.807) is 48.5 Å². The number of carbonyl (C=O) groups excluding carboxylic acids is 2. The molecule has 2 aromatic carbocycles. The third kappa shape index (κ3) is 4.24. The molecule has 1 aliphatic rings. The van der Waals surface area contributed by atoms with Crippen LogP contribution in [0.25, 0.3) is 0 Å². The van der Waals surface area contributed by atoms with E-state index >= 15 is 0 Å². The van der Waals surface area contributed by atoms with E-state index in [1.165, 1.54) is 4.90 Å². The van der Waals surface area contributed by atoms with Gasteiger partial charge in [-0.05, 0) is 42.0 Å². The van der Waals surface area contributed by atoms with E-state index in [0.29, 0.717) is 34.4 Å². The molecular weight excluding hydrogens is 363 g/mol. The Kier molecular flexibility index (Phi) is 5.46. The molecule has 2 aromatic rings. The van der Waals surface area contributed by atoms with Gasteiger partial charge in [0.05, 0.1) is 0 Å². The summed E-state index contributed by atoms with van der Waals surface area (Å²) in [6.45, 7) is 0.653. The zero-order valence-electron chi connectivity index (χ0n) is 13.2. The summed E-state index contributed by atoms with van der Waals surface area (Å²) >= 11 is 11.8. The van der Waals surface area contributed by atoms with E-state index in [2.05, 4.69) is 5.32 Å². The summed E-state index contributed by atoms with van der Waals surface area (Å²) < 4.78 is 5.51. The van der Waals surface area contributed by atoms with Gasteiger partial charge in [0.25, 0.3) is 5.91 Å². The summed E-state index contributed by atoms with van der Waals surface area (Å²) in [5, 5.41) is 3.89. The molecule has 2 amide bonds. The van der Waals surface area contributed by atoms with E-state index in [9.17, 15) is 9.59 Å². The molecule has 0 aliphatic carbocycles. The molecule has 1 N–H and O–H groups in total. The highest BCUT2D eigenvalue weighted by molar-refractivity contribution is 6.30. The zero-order valence-corrected chi connectivity index (χ0v) is 14.8. The van der Waals surface area contributed by atoms with Gasteiger partial charge < -0.3 is 15.0 Å². The molecule has 0 radical (unpaired) electrons. The van der Waals surface area contributed by atoms with Crippen LogP contribution in [-0.2, 0) is 9.59 Å². The molecule has 1 atom stereocenters. The van der Waals surface area contributed by atoms with Crippen molar-refractivity contribution in [2.24, 2.45) is 0 Å². The summed E-state index contributed by atoms with van der Waals surface area (Å²) in [4.78, 5) is 26.5. The van der Waals surface area contributed by atoms with E-state index in [4.69, 9.17) is 27.9 Å². The summed E-state index contributed by atoms with van der Waals surface area (Å²) in [7, 11) is 0. The zero-order chi connectivity index (χ0) is 17.8. The SMILES string of the molecule is O=C1NCCN(C(=O)COc2ccc(Cl)cc2)C1c1cccc(Cl)c1. The van der Waals surface area contributed by atoms with Gasteiger partial charge in [-0.1, -0.05) is 35.3 Å². The van der Waals surface area contributed by atoms with Gasteiger partial charge >= 0.3 is 0 Å². The second-order valence-corrected chi connectivity index (χ2v) is 6.45. The van der Waals surface area contributed by atoms with Crippen LogP contribution in [0.4, 0.5) is 0 Å². The number of amides is 2. The Labute approximate surface area is 155 Å². The lowest BCUT2D eigenvalue weighted by Crippen LogP contribution is -2.53. The Hall–Kier alpha value is -2.24. The van der Waals surface area contributed by atoms with Crippen molar-refractivity contribution >= 4 is 35.0 Å². The van der Waals surface area contributed by atoms with Gasteiger partial charge in [0.2, 0.25) is 5.91 Å². The van der Waals surface area contributed by atoms with Crippen LogP contribution in [0.3, 0.4) is 0 Å². The van der Waals surface area contributed by atoms with Crippen LogP contribution in [0, 0.1) is 0 Å². The first kappa shape index (κ1) is 17.6. The van der Waals surface area contributed by atoms with Crippen LogP contribution in [0.5, 0.6) is 5.75 Å². The minimum atomic E-state index is -0.714. The van der Waals surface area contributed by atoms with Gasteiger partial charge in [0.1, 0.15) is 11.8 Å². The molecule has 25 heavy (non-hydrogen) atoms. The van der Waals surface area contributed by atoms with Crippen molar-refractivity contribution in [3.63, 3.8) is 0 Å². The number of carbonyl (C=O) groups is 2. The van der Waals surface area contributed by atoms with Crippen molar-refractivity contribution in [2.45, 2.75) is 6.04 Å². The van der Waals surface area contributed by atoms with Crippen molar-refractivity contribution in [3.05, 3.63) is 64.1 Å². The first-order valence-corrected chi connectivity index (χ1v) is 8.51. The first-order valence-electron chi connectivity index (χ1n) is 7.75. The highest BCUT2D eigenvalue weighted by Gasteiger charge is 2.34. The summed E-state index contributed by atoms with van der Waals surface area (Å²) in [5.74, 6) is 0.0432. The van der Waals surface area contributed by atoms with Gasteiger partial charge in [-0.2, -0.15) is 0 Å². The van der Waals surface area contributed by atoms with Crippen LogP contribution in [0.1, 0.15) is 11.6 Å². The van der Waals surface area contributed by atoms with E-state index in [1.807, 2.05) is 0 Å². The fraction of sp³-hybridized carbons (Fsp3) is 0.222. The second-order valence-electron chi connectivity index (χ2n) is 5.58. The largest absolute Gasteiger partial charge is 0.484 e. The van der Waals surface area contributed by atoms with E-state index in [-0.39, 0.29) is 18.4 Å². The molecule has 1 aliphatic heterocycles. The summed E-state index contributed by atoms with van der Waals surface area (Å²) in [6, 6.07) is 13.0. The Balaban J connectivity index is 1.74. The van der Waals surface area contributed by atoms with Crippen molar-refractivity contribution in [1.29, 1.82) is 0 Å². The molecule has 0 spiro atoms. The number of hydrogen-bond acceptors (Lipinski definition) is 3.